The van der Waals surface area contributed by atoms with Crippen molar-refractivity contribution in [3.8, 4) is 0 Å². The van der Waals surface area contributed by atoms with Gasteiger partial charge in [-0.15, -0.1) is 11.3 Å². The van der Waals surface area contributed by atoms with Gasteiger partial charge in [-0.25, -0.2) is 4.79 Å². The Hall–Kier alpha value is -1.95. The maximum absolute atomic E-state index is 12.0. The summed E-state index contributed by atoms with van der Waals surface area (Å²) >= 11 is 1.84. The average Bonchev–Trinajstić information content (AvgIpc) is 3.20. The normalized spacial score (nSPS) is 16.2. The molecule has 0 aliphatic carbocycles. The predicted molar refractivity (Wildman–Crippen MR) is 112 cm³/mol. The van der Waals surface area contributed by atoms with Crippen LogP contribution in [0.4, 0.5) is 0 Å². The molecule has 1 fully saturated rings. The molecule has 27 heavy (non-hydrogen) atoms. The molecule has 1 aliphatic heterocycles. The molecule has 4 nitrogen and oxygen atoms in total. The summed E-state index contributed by atoms with van der Waals surface area (Å²) < 4.78 is 5.44. The molecular weight excluding hydrogens is 356 g/mol. The van der Waals surface area contributed by atoms with Gasteiger partial charge >= 0.3 is 5.63 Å². The Kier molecular flexibility index (Phi) is 5.72. The third-order valence-electron chi connectivity index (χ3n) is 5.42. The Morgan fingerprint density at radius 2 is 1.89 bits per heavy atom. The van der Waals surface area contributed by atoms with Crippen molar-refractivity contribution in [1.82, 2.24) is 9.80 Å². The minimum absolute atomic E-state index is 0.250. The van der Waals surface area contributed by atoms with E-state index in [1.165, 1.54) is 10.4 Å². The number of hydrogen-bond donors (Lipinski definition) is 0. The summed E-state index contributed by atoms with van der Waals surface area (Å²) in [6.07, 6.45) is 2.08. The van der Waals surface area contributed by atoms with E-state index in [0.717, 1.165) is 63.1 Å². The Morgan fingerprint density at radius 3 is 2.63 bits per heavy atom. The molecule has 0 unspecified atom stereocenters. The van der Waals surface area contributed by atoms with Crippen molar-refractivity contribution in [2.75, 3.05) is 32.7 Å². The number of rotatable bonds is 6. The summed E-state index contributed by atoms with van der Waals surface area (Å²) in [5, 5.41) is 3.21. The van der Waals surface area contributed by atoms with Crippen molar-refractivity contribution in [1.29, 1.82) is 0 Å². The molecule has 1 saturated heterocycles. The van der Waals surface area contributed by atoms with E-state index in [0.29, 0.717) is 5.58 Å². The Bertz CT molecular complexity index is 941. The van der Waals surface area contributed by atoms with Gasteiger partial charge in [0, 0.05) is 55.6 Å². The van der Waals surface area contributed by atoms with Crippen molar-refractivity contribution < 1.29 is 4.42 Å². The van der Waals surface area contributed by atoms with Gasteiger partial charge in [0.1, 0.15) is 5.58 Å². The number of hydrogen-bond acceptors (Lipinski definition) is 5. The molecule has 0 bridgehead atoms. The molecule has 0 N–H and O–H groups in total. The van der Waals surface area contributed by atoms with Gasteiger partial charge in [-0.2, -0.15) is 0 Å². The van der Waals surface area contributed by atoms with Crippen LogP contribution in [-0.2, 0) is 19.4 Å². The quantitative estimate of drug-likeness (QED) is 0.608. The van der Waals surface area contributed by atoms with Gasteiger partial charge < -0.3 is 9.32 Å². The largest absolute Gasteiger partial charge is 0.423 e. The highest BCUT2D eigenvalue weighted by atomic mass is 32.1. The van der Waals surface area contributed by atoms with Crippen LogP contribution in [-0.4, -0.2) is 42.5 Å². The lowest BCUT2D eigenvalue weighted by molar-refractivity contribution is 0.128. The van der Waals surface area contributed by atoms with E-state index in [2.05, 4.69) is 46.4 Å². The van der Waals surface area contributed by atoms with E-state index < -0.39 is 0 Å². The molecule has 4 rings (SSSR count). The van der Waals surface area contributed by atoms with Crippen molar-refractivity contribution >= 4 is 22.3 Å². The monoisotopic (exact) mass is 382 g/mol. The van der Waals surface area contributed by atoms with Gasteiger partial charge in [-0.1, -0.05) is 25.1 Å². The number of piperazine rings is 1. The number of fused-ring (bicyclic) bond motifs is 1. The first kappa shape index (κ1) is 18.4. The zero-order valence-electron chi connectivity index (χ0n) is 15.8. The van der Waals surface area contributed by atoms with Crippen molar-refractivity contribution in [2.24, 2.45) is 0 Å². The lowest BCUT2D eigenvalue weighted by Gasteiger charge is -2.34. The average molecular weight is 383 g/mol. The van der Waals surface area contributed by atoms with Crippen molar-refractivity contribution in [3.63, 3.8) is 0 Å². The second-order valence-corrected chi connectivity index (χ2v) is 8.25. The van der Waals surface area contributed by atoms with Gasteiger partial charge in [0.25, 0.3) is 0 Å². The first-order valence-electron chi connectivity index (χ1n) is 9.74. The third-order valence-corrected chi connectivity index (χ3v) is 6.35. The molecular formula is C22H26N2O2S. The highest BCUT2D eigenvalue weighted by molar-refractivity contribution is 7.09. The molecule has 0 saturated carbocycles. The van der Waals surface area contributed by atoms with Gasteiger partial charge in [0.15, 0.2) is 0 Å². The Morgan fingerprint density at radius 1 is 1.07 bits per heavy atom. The van der Waals surface area contributed by atoms with Crippen LogP contribution in [0.3, 0.4) is 0 Å². The van der Waals surface area contributed by atoms with Crippen LogP contribution in [0.2, 0.25) is 0 Å². The lowest BCUT2D eigenvalue weighted by Crippen LogP contribution is -2.46. The number of thiophene rings is 1. The topological polar surface area (TPSA) is 36.7 Å². The number of benzene rings is 1. The first-order valence-corrected chi connectivity index (χ1v) is 10.6. The van der Waals surface area contributed by atoms with Crippen molar-refractivity contribution in [2.45, 2.75) is 26.3 Å². The Balaban J connectivity index is 1.39. The lowest BCUT2D eigenvalue weighted by atomic mass is 10.1. The third kappa shape index (κ3) is 4.49. The first-order chi connectivity index (χ1) is 13.2. The van der Waals surface area contributed by atoms with Crippen LogP contribution in [0.25, 0.3) is 11.0 Å². The SMILES string of the molecule is CCc1ccc2c(CN3CCN(CCc4cccs4)CC3)cc(=O)oc2c1. The summed E-state index contributed by atoms with van der Waals surface area (Å²) in [5.74, 6) is 0. The maximum atomic E-state index is 12.0. The summed E-state index contributed by atoms with van der Waals surface area (Å²) in [6.45, 7) is 8.31. The minimum Gasteiger partial charge on any atom is -0.423 e. The van der Waals surface area contributed by atoms with E-state index in [4.69, 9.17) is 4.42 Å². The standard InChI is InChI=1S/C22H26N2O2S/c1-2-17-5-6-20-18(15-22(25)26-21(20)14-17)16-24-11-9-23(10-12-24)8-7-19-4-3-13-27-19/h3-6,13-15H,2,7-12,16H2,1H3. The summed E-state index contributed by atoms with van der Waals surface area (Å²) in [5.41, 5.74) is 2.74. The second kappa shape index (κ2) is 8.38. The highest BCUT2D eigenvalue weighted by Gasteiger charge is 2.18. The molecule has 3 aromatic rings. The zero-order valence-corrected chi connectivity index (χ0v) is 16.6. The molecule has 0 radical (unpaired) electrons. The molecule has 3 heterocycles. The van der Waals surface area contributed by atoms with Gasteiger partial charge in [0.2, 0.25) is 0 Å². The Labute approximate surface area is 164 Å². The molecule has 1 aliphatic rings. The van der Waals surface area contributed by atoms with Crippen LogP contribution < -0.4 is 5.63 Å². The highest BCUT2D eigenvalue weighted by Crippen LogP contribution is 2.21. The fraction of sp³-hybridized carbons (Fsp3) is 0.409. The number of nitrogens with zero attached hydrogens (tertiary/aromatic N) is 2. The summed E-state index contributed by atoms with van der Waals surface area (Å²) in [4.78, 5) is 18.5. The molecule has 0 amide bonds. The van der Waals surface area contributed by atoms with Crippen LogP contribution >= 0.6 is 11.3 Å². The van der Waals surface area contributed by atoms with E-state index in [-0.39, 0.29) is 5.63 Å². The molecule has 0 atom stereocenters. The van der Waals surface area contributed by atoms with Crippen LogP contribution in [0.1, 0.15) is 22.9 Å². The molecule has 142 valence electrons. The van der Waals surface area contributed by atoms with Crippen LogP contribution in [0.5, 0.6) is 0 Å². The molecule has 5 heteroatoms. The molecule has 0 spiro atoms. The molecule has 2 aromatic heterocycles. The van der Waals surface area contributed by atoms with Crippen molar-refractivity contribution in [3.05, 3.63) is 68.2 Å². The van der Waals surface area contributed by atoms with E-state index in [1.54, 1.807) is 6.07 Å². The van der Waals surface area contributed by atoms with Gasteiger partial charge in [0.05, 0.1) is 0 Å². The fourth-order valence-electron chi connectivity index (χ4n) is 3.76. The number of aryl methyl sites for hydroxylation is 1. The predicted octanol–water partition coefficient (Wildman–Crippen LogP) is 3.78. The summed E-state index contributed by atoms with van der Waals surface area (Å²) in [7, 11) is 0. The van der Waals surface area contributed by atoms with Gasteiger partial charge in [-0.05, 0) is 41.5 Å². The summed E-state index contributed by atoms with van der Waals surface area (Å²) in [6, 6.07) is 12.2. The van der Waals surface area contributed by atoms with Gasteiger partial charge in [-0.3, -0.25) is 4.90 Å². The zero-order chi connectivity index (χ0) is 18.6. The van der Waals surface area contributed by atoms with E-state index in [1.807, 2.05) is 17.4 Å². The molecule has 1 aromatic carbocycles. The minimum atomic E-state index is -0.250. The maximum Gasteiger partial charge on any atom is 0.336 e. The smallest absolute Gasteiger partial charge is 0.336 e. The van der Waals surface area contributed by atoms with Crippen LogP contribution in [0.15, 0.2) is 51.0 Å². The van der Waals surface area contributed by atoms with E-state index in [9.17, 15) is 4.79 Å². The van der Waals surface area contributed by atoms with Crippen LogP contribution in [0, 0.1) is 0 Å². The second-order valence-electron chi connectivity index (χ2n) is 7.22. The van der Waals surface area contributed by atoms with E-state index >= 15 is 0 Å². The fourth-order valence-corrected chi connectivity index (χ4v) is 4.46.